The molecule has 0 saturated heterocycles. The third-order valence-corrected chi connectivity index (χ3v) is 3.88. The van der Waals surface area contributed by atoms with Gasteiger partial charge in [-0.1, -0.05) is 0 Å². The monoisotopic (exact) mass is 223 g/mol. The zero-order valence-electron chi connectivity index (χ0n) is 8.36. The second-order valence-electron chi connectivity index (χ2n) is 3.97. The molecule has 0 radical (unpaired) electrons. The van der Waals surface area contributed by atoms with Gasteiger partial charge in [-0.3, -0.25) is 0 Å². The Morgan fingerprint density at radius 2 is 1.87 bits per heavy atom. The molecule has 0 amide bonds. The predicted molar refractivity (Wildman–Crippen MR) is 59.4 cm³/mol. The zero-order valence-corrected chi connectivity index (χ0v) is 9.18. The summed E-state index contributed by atoms with van der Waals surface area (Å²) < 4.78 is 11.0. The van der Waals surface area contributed by atoms with E-state index in [9.17, 15) is 0 Å². The van der Waals surface area contributed by atoms with Crippen LogP contribution in [0.3, 0.4) is 0 Å². The SMILES string of the molecule is NC1(Sc2ccc3c(c2)OCCO3)CC1. The van der Waals surface area contributed by atoms with Gasteiger partial charge in [-0.15, -0.1) is 11.8 Å². The van der Waals surface area contributed by atoms with Crippen LogP contribution in [-0.2, 0) is 0 Å². The quantitative estimate of drug-likeness (QED) is 0.779. The molecule has 80 valence electrons. The number of thioether (sulfide) groups is 1. The van der Waals surface area contributed by atoms with Crippen molar-refractivity contribution in [2.45, 2.75) is 22.6 Å². The van der Waals surface area contributed by atoms with Crippen molar-refractivity contribution in [1.82, 2.24) is 0 Å². The van der Waals surface area contributed by atoms with E-state index in [1.54, 1.807) is 11.8 Å². The van der Waals surface area contributed by atoms with E-state index in [0.29, 0.717) is 13.2 Å². The average molecular weight is 223 g/mol. The van der Waals surface area contributed by atoms with Crippen LogP contribution in [0.25, 0.3) is 0 Å². The summed E-state index contributed by atoms with van der Waals surface area (Å²) in [6.07, 6.45) is 2.21. The van der Waals surface area contributed by atoms with Gasteiger partial charge in [0.1, 0.15) is 13.2 Å². The van der Waals surface area contributed by atoms with Gasteiger partial charge in [0.15, 0.2) is 11.5 Å². The minimum Gasteiger partial charge on any atom is -0.486 e. The Balaban J connectivity index is 1.84. The van der Waals surface area contributed by atoms with E-state index in [1.807, 2.05) is 18.2 Å². The van der Waals surface area contributed by atoms with E-state index in [1.165, 1.54) is 4.90 Å². The summed E-state index contributed by atoms with van der Waals surface area (Å²) in [6.45, 7) is 1.27. The lowest BCUT2D eigenvalue weighted by molar-refractivity contribution is 0.171. The maximum atomic E-state index is 6.05. The van der Waals surface area contributed by atoms with Crippen molar-refractivity contribution in [3.05, 3.63) is 18.2 Å². The van der Waals surface area contributed by atoms with E-state index in [2.05, 4.69) is 0 Å². The summed E-state index contributed by atoms with van der Waals surface area (Å²) in [5.74, 6) is 1.68. The summed E-state index contributed by atoms with van der Waals surface area (Å²) in [5.41, 5.74) is 6.05. The first-order chi connectivity index (χ1) is 7.25. The van der Waals surface area contributed by atoms with E-state index < -0.39 is 0 Å². The fourth-order valence-corrected chi connectivity index (χ4v) is 2.62. The Kier molecular flexibility index (Phi) is 2.07. The Morgan fingerprint density at radius 3 is 2.60 bits per heavy atom. The third-order valence-electron chi connectivity index (χ3n) is 2.58. The first kappa shape index (κ1) is 9.36. The summed E-state index contributed by atoms with van der Waals surface area (Å²) in [4.78, 5) is 1.14. The summed E-state index contributed by atoms with van der Waals surface area (Å²) in [7, 11) is 0. The molecule has 1 aliphatic heterocycles. The first-order valence-electron chi connectivity index (χ1n) is 5.13. The van der Waals surface area contributed by atoms with Crippen molar-refractivity contribution >= 4 is 11.8 Å². The molecule has 2 N–H and O–H groups in total. The van der Waals surface area contributed by atoms with Crippen LogP contribution in [0.1, 0.15) is 12.8 Å². The molecular formula is C11H13NO2S. The summed E-state index contributed by atoms with van der Waals surface area (Å²) in [5, 5.41) is 0. The van der Waals surface area contributed by atoms with Crippen LogP contribution in [0.15, 0.2) is 23.1 Å². The Labute approximate surface area is 92.9 Å². The normalized spacial score (nSPS) is 21.1. The fraction of sp³-hybridized carbons (Fsp3) is 0.455. The molecule has 0 unspecified atom stereocenters. The molecule has 0 bridgehead atoms. The van der Waals surface area contributed by atoms with Crippen LogP contribution in [0, 0.1) is 0 Å². The van der Waals surface area contributed by atoms with Crippen molar-refractivity contribution in [1.29, 1.82) is 0 Å². The number of benzene rings is 1. The van der Waals surface area contributed by atoms with Crippen molar-refractivity contribution < 1.29 is 9.47 Å². The van der Waals surface area contributed by atoms with Gasteiger partial charge in [0.2, 0.25) is 0 Å². The molecule has 1 aromatic carbocycles. The number of hydrogen-bond acceptors (Lipinski definition) is 4. The maximum absolute atomic E-state index is 6.05. The summed E-state index contributed by atoms with van der Waals surface area (Å²) in [6, 6.07) is 6.03. The van der Waals surface area contributed by atoms with Crippen LogP contribution < -0.4 is 15.2 Å². The number of hydrogen-bond donors (Lipinski definition) is 1. The molecule has 3 nitrogen and oxygen atoms in total. The van der Waals surface area contributed by atoms with Gasteiger partial charge >= 0.3 is 0 Å². The lowest BCUT2D eigenvalue weighted by Crippen LogP contribution is -2.17. The van der Waals surface area contributed by atoms with Crippen molar-refractivity contribution in [3.63, 3.8) is 0 Å². The second kappa shape index (κ2) is 3.32. The topological polar surface area (TPSA) is 44.5 Å². The van der Waals surface area contributed by atoms with Gasteiger partial charge in [0.05, 0.1) is 4.87 Å². The number of nitrogens with two attached hydrogens (primary N) is 1. The van der Waals surface area contributed by atoms with Gasteiger partial charge in [-0.05, 0) is 31.0 Å². The van der Waals surface area contributed by atoms with Crippen LogP contribution in [-0.4, -0.2) is 18.1 Å². The fourth-order valence-electron chi connectivity index (χ4n) is 1.55. The minimum atomic E-state index is -0.0240. The molecule has 0 spiro atoms. The van der Waals surface area contributed by atoms with E-state index in [4.69, 9.17) is 15.2 Å². The molecule has 3 rings (SSSR count). The van der Waals surface area contributed by atoms with Crippen LogP contribution in [0.5, 0.6) is 11.5 Å². The highest BCUT2D eigenvalue weighted by atomic mass is 32.2. The lowest BCUT2D eigenvalue weighted by Gasteiger charge is -2.19. The highest BCUT2D eigenvalue weighted by Crippen LogP contribution is 2.48. The third kappa shape index (κ3) is 1.92. The highest BCUT2D eigenvalue weighted by molar-refractivity contribution is 8.01. The largest absolute Gasteiger partial charge is 0.486 e. The predicted octanol–water partition coefficient (Wildman–Crippen LogP) is 2.00. The first-order valence-corrected chi connectivity index (χ1v) is 5.94. The molecule has 4 heteroatoms. The van der Waals surface area contributed by atoms with Gasteiger partial charge in [-0.25, -0.2) is 0 Å². The molecule has 1 fully saturated rings. The molecule has 1 saturated carbocycles. The molecule has 1 aliphatic carbocycles. The molecule has 0 aromatic heterocycles. The Morgan fingerprint density at radius 1 is 1.13 bits per heavy atom. The van der Waals surface area contributed by atoms with Gasteiger partial charge in [0, 0.05) is 4.90 Å². The van der Waals surface area contributed by atoms with Crippen molar-refractivity contribution in [2.75, 3.05) is 13.2 Å². The molecular weight excluding hydrogens is 210 g/mol. The van der Waals surface area contributed by atoms with E-state index >= 15 is 0 Å². The molecule has 1 aromatic rings. The van der Waals surface area contributed by atoms with Gasteiger partial charge in [0.25, 0.3) is 0 Å². The minimum absolute atomic E-state index is 0.0240. The Hall–Kier alpha value is -0.870. The average Bonchev–Trinajstić information content (AvgIpc) is 2.96. The molecule has 15 heavy (non-hydrogen) atoms. The van der Waals surface area contributed by atoms with E-state index in [0.717, 1.165) is 24.3 Å². The Bertz CT molecular complexity index is 390. The number of fused-ring (bicyclic) bond motifs is 1. The second-order valence-corrected chi connectivity index (χ2v) is 5.46. The molecule has 2 aliphatic rings. The van der Waals surface area contributed by atoms with Gasteiger partial charge < -0.3 is 15.2 Å². The van der Waals surface area contributed by atoms with Crippen molar-refractivity contribution in [2.24, 2.45) is 5.73 Å². The van der Waals surface area contributed by atoms with E-state index in [-0.39, 0.29) is 4.87 Å². The van der Waals surface area contributed by atoms with Crippen LogP contribution in [0.2, 0.25) is 0 Å². The van der Waals surface area contributed by atoms with Gasteiger partial charge in [-0.2, -0.15) is 0 Å². The number of rotatable bonds is 2. The van der Waals surface area contributed by atoms with Crippen molar-refractivity contribution in [3.8, 4) is 11.5 Å². The smallest absolute Gasteiger partial charge is 0.162 e. The molecule has 1 heterocycles. The standard InChI is InChI=1S/C11H13NO2S/c12-11(3-4-11)15-8-1-2-9-10(7-8)14-6-5-13-9/h1-2,7H,3-6,12H2. The van der Waals surface area contributed by atoms with Crippen LogP contribution >= 0.6 is 11.8 Å². The molecule has 0 atom stereocenters. The lowest BCUT2D eigenvalue weighted by atomic mass is 10.3. The summed E-state index contributed by atoms with van der Waals surface area (Å²) >= 11 is 1.73. The highest BCUT2D eigenvalue weighted by Gasteiger charge is 2.39. The number of ether oxygens (including phenoxy) is 2. The zero-order chi connectivity index (χ0) is 10.3. The van der Waals surface area contributed by atoms with Crippen LogP contribution in [0.4, 0.5) is 0 Å². The maximum Gasteiger partial charge on any atom is 0.162 e.